The molecule has 0 fully saturated rings. The second-order valence-electron chi connectivity index (χ2n) is 3.27. The van der Waals surface area contributed by atoms with Crippen LogP contribution in [0.4, 0.5) is 14.5 Å². The summed E-state index contributed by atoms with van der Waals surface area (Å²) in [6, 6.07) is 2.48. The summed E-state index contributed by atoms with van der Waals surface area (Å²) < 4.78 is 30.4. The molecule has 0 aromatic heterocycles. The van der Waals surface area contributed by atoms with Crippen molar-refractivity contribution >= 4 is 11.5 Å². The maximum Gasteiger partial charge on any atom is 0.265 e. The summed E-state index contributed by atoms with van der Waals surface area (Å²) in [5.74, 6) is -0.173. The number of nitrogens with two attached hydrogens (primary N) is 1. The van der Waals surface area contributed by atoms with Crippen LogP contribution in [0.5, 0.6) is 5.75 Å². The number of alkyl halides is 2. The van der Waals surface area contributed by atoms with Crippen molar-refractivity contribution in [3.8, 4) is 5.75 Å². The number of rotatable bonds is 4. The van der Waals surface area contributed by atoms with Crippen molar-refractivity contribution in [3.63, 3.8) is 0 Å². The smallest absolute Gasteiger partial charge is 0.265 e. The number of anilines is 1. The molecule has 2 N–H and O–H groups in total. The van der Waals surface area contributed by atoms with E-state index in [4.69, 9.17) is 10.5 Å². The topological polar surface area (TPSA) is 52.3 Å². The molecule has 0 saturated carbocycles. The van der Waals surface area contributed by atoms with Gasteiger partial charge in [-0.25, -0.2) is 8.78 Å². The van der Waals surface area contributed by atoms with Gasteiger partial charge in [0.05, 0.1) is 12.3 Å². The summed E-state index contributed by atoms with van der Waals surface area (Å²) in [6.07, 6.45) is -2.72. The molecule has 1 rings (SSSR count). The van der Waals surface area contributed by atoms with Gasteiger partial charge in [-0.1, -0.05) is 0 Å². The Morgan fingerprint density at radius 1 is 1.50 bits per heavy atom. The molecular weight excluding hydrogens is 216 g/mol. The number of ketones is 1. The molecule has 0 aliphatic heterocycles. The van der Waals surface area contributed by atoms with E-state index in [1.165, 1.54) is 13.0 Å². The average molecular weight is 229 g/mol. The van der Waals surface area contributed by atoms with E-state index in [-0.39, 0.29) is 28.3 Å². The van der Waals surface area contributed by atoms with Crippen LogP contribution in [0.3, 0.4) is 0 Å². The van der Waals surface area contributed by atoms with Crippen LogP contribution in [-0.4, -0.2) is 12.4 Å². The number of nitrogen functional groups attached to an aromatic ring is 1. The van der Waals surface area contributed by atoms with Crippen molar-refractivity contribution in [2.24, 2.45) is 0 Å². The second-order valence-corrected chi connectivity index (χ2v) is 3.27. The molecule has 16 heavy (non-hydrogen) atoms. The van der Waals surface area contributed by atoms with Crippen molar-refractivity contribution in [1.82, 2.24) is 0 Å². The van der Waals surface area contributed by atoms with Crippen LogP contribution in [0.2, 0.25) is 0 Å². The van der Waals surface area contributed by atoms with Crippen molar-refractivity contribution in [3.05, 3.63) is 23.3 Å². The molecule has 0 atom stereocenters. The largest absolute Gasteiger partial charge is 0.492 e. The zero-order chi connectivity index (χ0) is 12.3. The van der Waals surface area contributed by atoms with Crippen LogP contribution in [0.1, 0.15) is 36.2 Å². The van der Waals surface area contributed by atoms with Crippen molar-refractivity contribution in [1.29, 1.82) is 0 Å². The molecule has 1 aromatic carbocycles. The van der Waals surface area contributed by atoms with E-state index < -0.39 is 6.43 Å². The predicted octanol–water partition coefficient (Wildman–Crippen LogP) is 2.81. The number of hydrogen-bond donors (Lipinski definition) is 1. The van der Waals surface area contributed by atoms with Crippen molar-refractivity contribution < 1.29 is 18.3 Å². The average Bonchev–Trinajstić information content (AvgIpc) is 2.20. The molecular formula is C11H13F2NO2. The third-order valence-corrected chi connectivity index (χ3v) is 2.12. The van der Waals surface area contributed by atoms with Gasteiger partial charge in [-0.2, -0.15) is 0 Å². The first-order valence-electron chi connectivity index (χ1n) is 4.82. The first-order valence-corrected chi connectivity index (χ1v) is 4.82. The Balaban J connectivity index is 3.32. The minimum Gasteiger partial charge on any atom is -0.492 e. The van der Waals surface area contributed by atoms with E-state index in [1.807, 2.05) is 0 Å². The number of halogens is 2. The predicted molar refractivity (Wildman–Crippen MR) is 57.0 cm³/mol. The van der Waals surface area contributed by atoms with E-state index in [0.29, 0.717) is 6.61 Å². The molecule has 3 nitrogen and oxygen atoms in total. The summed E-state index contributed by atoms with van der Waals surface area (Å²) >= 11 is 0. The van der Waals surface area contributed by atoms with Crippen LogP contribution in [0.25, 0.3) is 0 Å². The SMILES string of the molecule is CCOc1cc(C(C)=O)cc(C(F)F)c1N. The fraction of sp³-hybridized carbons (Fsp3) is 0.364. The molecule has 0 amide bonds. The molecule has 0 aliphatic carbocycles. The number of ether oxygens (including phenoxy) is 1. The van der Waals surface area contributed by atoms with Gasteiger partial charge in [0.1, 0.15) is 5.75 Å². The number of benzene rings is 1. The van der Waals surface area contributed by atoms with Gasteiger partial charge in [0.25, 0.3) is 6.43 Å². The lowest BCUT2D eigenvalue weighted by atomic mass is 10.1. The van der Waals surface area contributed by atoms with Gasteiger partial charge in [-0.3, -0.25) is 4.79 Å². The van der Waals surface area contributed by atoms with Crippen LogP contribution in [0, 0.1) is 0 Å². The van der Waals surface area contributed by atoms with E-state index >= 15 is 0 Å². The molecule has 88 valence electrons. The molecule has 0 spiro atoms. The quantitative estimate of drug-likeness (QED) is 0.638. The Morgan fingerprint density at radius 3 is 2.56 bits per heavy atom. The second kappa shape index (κ2) is 4.92. The summed E-state index contributed by atoms with van der Waals surface area (Å²) in [5.41, 5.74) is 5.22. The first kappa shape index (κ1) is 12.4. The molecule has 1 aromatic rings. The highest BCUT2D eigenvalue weighted by atomic mass is 19.3. The van der Waals surface area contributed by atoms with Gasteiger partial charge in [0.2, 0.25) is 0 Å². The van der Waals surface area contributed by atoms with Crippen molar-refractivity contribution in [2.45, 2.75) is 20.3 Å². The maximum absolute atomic E-state index is 12.6. The summed E-state index contributed by atoms with van der Waals surface area (Å²) in [7, 11) is 0. The van der Waals surface area contributed by atoms with Crippen LogP contribution >= 0.6 is 0 Å². The Labute approximate surface area is 92.2 Å². The molecule has 0 radical (unpaired) electrons. The zero-order valence-electron chi connectivity index (χ0n) is 9.09. The van der Waals surface area contributed by atoms with E-state index in [9.17, 15) is 13.6 Å². The van der Waals surface area contributed by atoms with E-state index in [2.05, 4.69) is 0 Å². The summed E-state index contributed by atoms with van der Waals surface area (Å²) in [5, 5.41) is 0. The lowest BCUT2D eigenvalue weighted by Crippen LogP contribution is -2.04. The third kappa shape index (κ3) is 2.48. The zero-order valence-corrected chi connectivity index (χ0v) is 9.09. The number of hydrogen-bond acceptors (Lipinski definition) is 3. The summed E-state index contributed by atoms with van der Waals surface area (Å²) in [6.45, 7) is 3.31. The van der Waals surface area contributed by atoms with Gasteiger partial charge >= 0.3 is 0 Å². The highest BCUT2D eigenvalue weighted by Gasteiger charge is 2.18. The fourth-order valence-corrected chi connectivity index (χ4v) is 1.31. The van der Waals surface area contributed by atoms with Gasteiger partial charge in [0, 0.05) is 11.1 Å². The molecule has 0 bridgehead atoms. The van der Waals surface area contributed by atoms with Gasteiger partial charge in [-0.15, -0.1) is 0 Å². The highest BCUT2D eigenvalue weighted by molar-refractivity contribution is 5.95. The molecule has 5 heteroatoms. The van der Waals surface area contributed by atoms with Crippen LogP contribution in [0.15, 0.2) is 12.1 Å². The molecule has 0 heterocycles. The summed E-state index contributed by atoms with van der Waals surface area (Å²) in [4.78, 5) is 11.1. The molecule has 0 aliphatic rings. The Kier molecular flexibility index (Phi) is 3.82. The van der Waals surface area contributed by atoms with Crippen molar-refractivity contribution in [2.75, 3.05) is 12.3 Å². The van der Waals surface area contributed by atoms with Gasteiger partial charge in [-0.05, 0) is 26.0 Å². The highest BCUT2D eigenvalue weighted by Crippen LogP contribution is 2.34. The third-order valence-electron chi connectivity index (χ3n) is 2.12. The lowest BCUT2D eigenvalue weighted by Gasteiger charge is -2.12. The molecule has 0 unspecified atom stereocenters. The Morgan fingerprint density at radius 2 is 2.12 bits per heavy atom. The monoisotopic (exact) mass is 229 g/mol. The fourth-order valence-electron chi connectivity index (χ4n) is 1.31. The Bertz CT molecular complexity index is 405. The minimum absolute atomic E-state index is 0.109. The maximum atomic E-state index is 12.6. The Hall–Kier alpha value is -1.65. The van der Waals surface area contributed by atoms with E-state index in [0.717, 1.165) is 6.07 Å². The number of carbonyl (C=O) groups is 1. The normalized spacial score (nSPS) is 10.6. The van der Waals surface area contributed by atoms with Crippen LogP contribution in [-0.2, 0) is 0 Å². The van der Waals surface area contributed by atoms with Gasteiger partial charge < -0.3 is 10.5 Å². The number of carbonyl (C=O) groups excluding carboxylic acids is 1. The number of Topliss-reactive ketones (excluding diaryl/α,β-unsaturated/α-hetero) is 1. The van der Waals surface area contributed by atoms with Gasteiger partial charge in [0.15, 0.2) is 5.78 Å². The first-order chi connectivity index (χ1) is 7.47. The molecule has 0 saturated heterocycles. The standard InChI is InChI=1S/C11H13F2NO2/c1-3-16-9-5-7(6(2)15)4-8(10(9)14)11(12)13/h4-5,11H,3,14H2,1-2H3. The minimum atomic E-state index is -2.72. The lowest BCUT2D eigenvalue weighted by molar-refractivity contribution is 0.101. The van der Waals surface area contributed by atoms with Crippen LogP contribution < -0.4 is 10.5 Å². The van der Waals surface area contributed by atoms with E-state index in [1.54, 1.807) is 6.92 Å².